The third-order valence-electron chi connectivity index (χ3n) is 3.14. The zero-order chi connectivity index (χ0) is 15.8. The Labute approximate surface area is 131 Å². The average molecular weight is 299 g/mol. The van der Waals surface area contributed by atoms with E-state index in [1.165, 1.54) is 0 Å². The molecule has 0 unspecified atom stereocenters. The van der Waals surface area contributed by atoms with Gasteiger partial charge >= 0.3 is 0 Å². The maximum absolute atomic E-state index is 11.8. The van der Waals surface area contributed by atoms with Crippen molar-refractivity contribution >= 4 is 5.91 Å². The fraction of sp³-hybridized carbons (Fsp3) is 0.278. The summed E-state index contributed by atoms with van der Waals surface area (Å²) < 4.78 is 10.9. The van der Waals surface area contributed by atoms with Gasteiger partial charge in [0, 0.05) is 6.54 Å². The topological polar surface area (TPSA) is 47.6 Å². The van der Waals surface area contributed by atoms with Crippen LogP contribution in [0.3, 0.4) is 0 Å². The largest absolute Gasteiger partial charge is 0.494 e. The molecule has 1 amide bonds. The molecule has 0 aliphatic rings. The van der Waals surface area contributed by atoms with Gasteiger partial charge in [-0.25, -0.2) is 0 Å². The van der Waals surface area contributed by atoms with Gasteiger partial charge in [-0.2, -0.15) is 0 Å². The molecule has 22 heavy (non-hydrogen) atoms. The minimum absolute atomic E-state index is 0.0139. The van der Waals surface area contributed by atoms with Gasteiger partial charge in [0.2, 0.25) is 0 Å². The molecule has 4 heteroatoms. The lowest BCUT2D eigenvalue weighted by Crippen LogP contribution is -2.28. The van der Waals surface area contributed by atoms with Crippen molar-refractivity contribution in [2.75, 3.05) is 13.2 Å². The summed E-state index contributed by atoms with van der Waals surface area (Å²) in [5, 5.41) is 2.84. The van der Waals surface area contributed by atoms with E-state index in [0.717, 1.165) is 16.9 Å². The number of carbonyl (C=O) groups is 1. The van der Waals surface area contributed by atoms with Crippen LogP contribution in [0.15, 0.2) is 48.5 Å². The molecule has 2 rings (SSSR count). The van der Waals surface area contributed by atoms with Crippen molar-refractivity contribution in [3.8, 4) is 11.5 Å². The van der Waals surface area contributed by atoms with Crippen LogP contribution in [0.1, 0.15) is 18.1 Å². The number of para-hydroxylation sites is 1. The van der Waals surface area contributed by atoms with Crippen molar-refractivity contribution in [1.82, 2.24) is 5.32 Å². The van der Waals surface area contributed by atoms with E-state index < -0.39 is 0 Å². The third-order valence-corrected chi connectivity index (χ3v) is 3.14. The maximum Gasteiger partial charge on any atom is 0.258 e. The summed E-state index contributed by atoms with van der Waals surface area (Å²) >= 11 is 0. The van der Waals surface area contributed by atoms with E-state index in [2.05, 4.69) is 5.32 Å². The van der Waals surface area contributed by atoms with Crippen molar-refractivity contribution in [2.45, 2.75) is 20.4 Å². The van der Waals surface area contributed by atoms with E-state index in [-0.39, 0.29) is 12.5 Å². The molecule has 1 N–H and O–H groups in total. The number of aryl methyl sites for hydroxylation is 1. The predicted octanol–water partition coefficient (Wildman–Crippen LogP) is 3.09. The Hall–Kier alpha value is -2.49. The second-order valence-corrected chi connectivity index (χ2v) is 4.91. The van der Waals surface area contributed by atoms with Gasteiger partial charge in [0.25, 0.3) is 5.91 Å². The molecule has 0 aliphatic carbocycles. The zero-order valence-electron chi connectivity index (χ0n) is 13.0. The Morgan fingerprint density at radius 3 is 2.55 bits per heavy atom. The second kappa shape index (κ2) is 8.08. The summed E-state index contributed by atoms with van der Waals surface area (Å²) in [4.78, 5) is 11.8. The molecule has 0 atom stereocenters. The van der Waals surface area contributed by atoms with Crippen LogP contribution >= 0.6 is 0 Å². The highest BCUT2D eigenvalue weighted by molar-refractivity contribution is 5.77. The quantitative estimate of drug-likeness (QED) is 0.854. The lowest BCUT2D eigenvalue weighted by Gasteiger charge is -2.10. The molecular formula is C18H21NO3. The SMILES string of the molecule is CCOc1ccc(CNC(=O)COc2ccccc2)cc1C. The summed E-state index contributed by atoms with van der Waals surface area (Å²) in [6, 6.07) is 15.2. The number of benzene rings is 2. The van der Waals surface area contributed by atoms with Gasteiger partial charge in [0.05, 0.1) is 6.61 Å². The summed E-state index contributed by atoms with van der Waals surface area (Å²) in [6.45, 7) is 5.09. The summed E-state index contributed by atoms with van der Waals surface area (Å²) in [6.07, 6.45) is 0. The maximum atomic E-state index is 11.8. The summed E-state index contributed by atoms with van der Waals surface area (Å²) in [5.74, 6) is 1.43. The summed E-state index contributed by atoms with van der Waals surface area (Å²) in [7, 11) is 0. The highest BCUT2D eigenvalue weighted by Crippen LogP contribution is 2.19. The van der Waals surface area contributed by atoms with Crippen molar-refractivity contribution in [1.29, 1.82) is 0 Å². The summed E-state index contributed by atoms with van der Waals surface area (Å²) in [5.41, 5.74) is 2.10. The number of hydrogen-bond donors (Lipinski definition) is 1. The normalized spacial score (nSPS) is 10.1. The van der Waals surface area contributed by atoms with Crippen LogP contribution in [0, 0.1) is 6.92 Å². The van der Waals surface area contributed by atoms with Crippen LogP contribution in [0.5, 0.6) is 11.5 Å². The molecule has 0 bridgehead atoms. The highest BCUT2D eigenvalue weighted by Gasteiger charge is 2.04. The zero-order valence-corrected chi connectivity index (χ0v) is 13.0. The Kier molecular flexibility index (Phi) is 5.83. The Morgan fingerprint density at radius 1 is 1.09 bits per heavy atom. The smallest absolute Gasteiger partial charge is 0.258 e. The van der Waals surface area contributed by atoms with E-state index in [1.54, 1.807) is 0 Å². The Balaban J connectivity index is 1.80. The van der Waals surface area contributed by atoms with Gasteiger partial charge in [-0.1, -0.05) is 30.3 Å². The van der Waals surface area contributed by atoms with Crippen molar-refractivity contribution in [2.24, 2.45) is 0 Å². The molecule has 116 valence electrons. The van der Waals surface area contributed by atoms with Gasteiger partial charge in [0.15, 0.2) is 6.61 Å². The van der Waals surface area contributed by atoms with Crippen LogP contribution in [-0.2, 0) is 11.3 Å². The van der Waals surface area contributed by atoms with Crippen LogP contribution in [-0.4, -0.2) is 19.1 Å². The van der Waals surface area contributed by atoms with Crippen molar-refractivity contribution < 1.29 is 14.3 Å². The third kappa shape index (κ3) is 4.81. The number of nitrogens with one attached hydrogen (secondary N) is 1. The number of carbonyl (C=O) groups excluding carboxylic acids is 1. The molecule has 0 aliphatic heterocycles. The van der Waals surface area contributed by atoms with Crippen molar-refractivity contribution in [3.63, 3.8) is 0 Å². The van der Waals surface area contributed by atoms with Gasteiger partial charge in [0.1, 0.15) is 11.5 Å². The Morgan fingerprint density at radius 2 is 1.86 bits per heavy atom. The number of amides is 1. The second-order valence-electron chi connectivity index (χ2n) is 4.91. The van der Waals surface area contributed by atoms with Gasteiger partial charge < -0.3 is 14.8 Å². The molecule has 0 spiro atoms. The molecule has 0 heterocycles. The molecule has 0 saturated heterocycles. The number of hydrogen-bond acceptors (Lipinski definition) is 3. The molecule has 0 fully saturated rings. The van der Waals surface area contributed by atoms with Gasteiger partial charge in [-0.05, 0) is 43.2 Å². The first-order chi connectivity index (χ1) is 10.7. The number of ether oxygens (including phenoxy) is 2. The van der Waals surface area contributed by atoms with Crippen LogP contribution in [0.4, 0.5) is 0 Å². The molecular weight excluding hydrogens is 278 g/mol. The fourth-order valence-electron chi connectivity index (χ4n) is 2.06. The first kappa shape index (κ1) is 15.9. The standard InChI is InChI=1S/C18H21NO3/c1-3-21-17-10-9-15(11-14(17)2)12-19-18(20)13-22-16-7-5-4-6-8-16/h4-11H,3,12-13H2,1-2H3,(H,19,20). The fourth-order valence-corrected chi connectivity index (χ4v) is 2.06. The average Bonchev–Trinajstić information content (AvgIpc) is 2.54. The van der Waals surface area contributed by atoms with E-state index in [1.807, 2.05) is 62.4 Å². The van der Waals surface area contributed by atoms with Crippen LogP contribution < -0.4 is 14.8 Å². The van der Waals surface area contributed by atoms with E-state index in [0.29, 0.717) is 18.9 Å². The Bertz CT molecular complexity index is 611. The van der Waals surface area contributed by atoms with Crippen molar-refractivity contribution in [3.05, 3.63) is 59.7 Å². The highest BCUT2D eigenvalue weighted by atomic mass is 16.5. The lowest BCUT2D eigenvalue weighted by molar-refractivity contribution is -0.123. The molecule has 0 aromatic heterocycles. The van der Waals surface area contributed by atoms with E-state index in [9.17, 15) is 4.79 Å². The van der Waals surface area contributed by atoms with Crippen LogP contribution in [0.2, 0.25) is 0 Å². The molecule has 4 nitrogen and oxygen atoms in total. The monoisotopic (exact) mass is 299 g/mol. The first-order valence-electron chi connectivity index (χ1n) is 7.36. The minimum Gasteiger partial charge on any atom is -0.494 e. The van der Waals surface area contributed by atoms with Gasteiger partial charge in [-0.3, -0.25) is 4.79 Å². The van der Waals surface area contributed by atoms with E-state index >= 15 is 0 Å². The van der Waals surface area contributed by atoms with Gasteiger partial charge in [-0.15, -0.1) is 0 Å². The predicted molar refractivity (Wildman–Crippen MR) is 86.1 cm³/mol. The minimum atomic E-state index is -0.143. The van der Waals surface area contributed by atoms with Crippen LogP contribution in [0.25, 0.3) is 0 Å². The molecule has 2 aromatic carbocycles. The molecule has 0 saturated carbocycles. The molecule has 0 radical (unpaired) electrons. The first-order valence-corrected chi connectivity index (χ1v) is 7.36. The molecule has 2 aromatic rings. The number of rotatable bonds is 7. The van der Waals surface area contributed by atoms with E-state index in [4.69, 9.17) is 9.47 Å². The lowest BCUT2D eigenvalue weighted by atomic mass is 10.1.